The summed E-state index contributed by atoms with van der Waals surface area (Å²) in [5.41, 5.74) is 7.96. The van der Waals surface area contributed by atoms with Crippen molar-refractivity contribution in [3.63, 3.8) is 0 Å². The monoisotopic (exact) mass is 274 g/mol. The van der Waals surface area contributed by atoms with Crippen molar-refractivity contribution in [2.24, 2.45) is 0 Å². The van der Waals surface area contributed by atoms with Crippen LogP contribution in [0.3, 0.4) is 0 Å². The van der Waals surface area contributed by atoms with Crippen molar-refractivity contribution in [3.8, 4) is 0 Å². The van der Waals surface area contributed by atoms with Gasteiger partial charge < -0.3 is 5.73 Å². The highest BCUT2D eigenvalue weighted by atomic mass is 32.1. The zero-order chi connectivity index (χ0) is 13.7. The summed E-state index contributed by atoms with van der Waals surface area (Å²) in [5, 5.41) is 0. The first-order valence-corrected chi connectivity index (χ1v) is 7.67. The molecule has 2 rings (SSSR count). The summed E-state index contributed by atoms with van der Waals surface area (Å²) in [4.78, 5) is 5.36. The lowest BCUT2D eigenvalue weighted by molar-refractivity contribution is 0.274. The number of rotatable bonds is 6. The maximum absolute atomic E-state index is 5.83. The minimum Gasteiger partial charge on any atom is -0.399 e. The normalized spacial score (nSPS) is 11.1. The van der Waals surface area contributed by atoms with Crippen molar-refractivity contribution in [2.45, 2.75) is 33.4 Å². The van der Waals surface area contributed by atoms with E-state index < -0.39 is 0 Å². The van der Waals surface area contributed by atoms with Gasteiger partial charge in [0.1, 0.15) is 0 Å². The Morgan fingerprint density at radius 2 is 1.84 bits per heavy atom. The molecule has 0 unspecified atom stereocenters. The molecule has 0 bridgehead atoms. The number of aryl methyl sites for hydroxylation is 1. The van der Waals surface area contributed by atoms with Crippen LogP contribution in [0.4, 0.5) is 5.69 Å². The first-order chi connectivity index (χ1) is 9.21. The highest BCUT2D eigenvalue weighted by Gasteiger charge is 2.07. The second kappa shape index (κ2) is 6.73. The fourth-order valence-corrected chi connectivity index (χ4v) is 3.15. The highest BCUT2D eigenvalue weighted by molar-refractivity contribution is 7.11. The van der Waals surface area contributed by atoms with E-state index in [-0.39, 0.29) is 0 Å². The van der Waals surface area contributed by atoms with Crippen molar-refractivity contribution in [2.75, 3.05) is 12.3 Å². The van der Waals surface area contributed by atoms with Gasteiger partial charge in [0.05, 0.1) is 0 Å². The van der Waals surface area contributed by atoms with E-state index in [0.29, 0.717) is 0 Å². The Hall–Kier alpha value is -1.32. The standard InChI is InChI=1S/C16H22N2S/c1-3-15-8-9-16(19-15)12-18(4-2)11-13-6-5-7-14(17)10-13/h5-10H,3-4,11-12,17H2,1-2H3. The molecule has 0 amide bonds. The van der Waals surface area contributed by atoms with E-state index in [1.165, 1.54) is 15.3 Å². The van der Waals surface area contributed by atoms with Crippen LogP contribution >= 0.6 is 11.3 Å². The number of benzene rings is 1. The van der Waals surface area contributed by atoms with Gasteiger partial charge in [-0.3, -0.25) is 4.90 Å². The summed E-state index contributed by atoms with van der Waals surface area (Å²) in [6.45, 7) is 7.45. The molecule has 1 aromatic carbocycles. The Morgan fingerprint density at radius 3 is 2.47 bits per heavy atom. The third-order valence-corrected chi connectivity index (χ3v) is 4.46. The number of hydrogen-bond donors (Lipinski definition) is 1. The molecule has 19 heavy (non-hydrogen) atoms. The molecular weight excluding hydrogens is 252 g/mol. The van der Waals surface area contributed by atoms with E-state index in [2.05, 4.69) is 43.0 Å². The Labute approximate surface area is 119 Å². The van der Waals surface area contributed by atoms with Crippen LogP contribution in [0.1, 0.15) is 29.2 Å². The van der Waals surface area contributed by atoms with Crippen LogP contribution < -0.4 is 5.73 Å². The highest BCUT2D eigenvalue weighted by Crippen LogP contribution is 2.20. The summed E-state index contributed by atoms with van der Waals surface area (Å²) >= 11 is 1.92. The molecule has 3 heteroatoms. The van der Waals surface area contributed by atoms with E-state index in [4.69, 9.17) is 5.73 Å². The minimum absolute atomic E-state index is 0.845. The minimum atomic E-state index is 0.845. The van der Waals surface area contributed by atoms with Crippen molar-refractivity contribution in [1.82, 2.24) is 4.90 Å². The van der Waals surface area contributed by atoms with E-state index in [1.54, 1.807) is 0 Å². The molecule has 0 spiro atoms. The fraction of sp³-hybridized carbons (Fsp3) is 0.375. The summed E-state index contributed by atoms with van der Waals surface area (Å²) in [7, 11) is 0. The Bertz CT molecular complexity index is 519. The molecule has 2 N–H and O–H groups in total. The van der Waals surface area contributed by atoms with Crippen molar-refractivity contribution in [3.05, 3.63) is 51.7 Å². The second-order valence-corrected chi connectivity index (χ2v) is 6.02. The molecule has 2 nitrogen and oxygen atoms in total. The first kappa shape index (κ1) is 14.1. The van der Waals surface area contributed by atoms with Crippen LogP contribution in [0, 0.1) is 0 Å². The van der Waals surface area contributed by atoms with Crippen molar-refractivity contribution >= 4 is 17.0 Å². The van der Waals surface area contributed by atoms with E-state index in [9.17, 15) is 0 Å². The van der Waals surface area contributed by atoms with Gasteiger partial charge in [-0.2, -0.15) is 0 Å². The summed E-state index contributed by atoms with van der Waals surface area (Å²) in [6.07, 6.45) is 1.13. The maximum atomic E-state index is 5.83. The molecule has 0 atom stereocenters. The third-order valence-electron chi connectivity index (χ3n) is 3.25. The zero-order valence-electron chi connectivity index (χ0n) is 11.7. The first-order valence-electron chi connectivity index (χ1n) is 6.85. The van der Waals surface area contributed by atoms with Crippen LogP contribution in [0.5, 0.6) is 0 Å². The van der Waals surface area contributed by atoms with Gasteiger partial charge in [0.15, 0.2) is 0 Å². The molecule has 0 aliphatic heterocycles. The Kier molecular flexibility index (Phi) is 5.00. The maximum Gasteiger partial charge on any atom is 0.0331 e. The van der Waals surface area contributed by atoms with Gasteiger partial charge in [-0.1, -0.05) is 26.0 Å². The predicted molar refractivity (Wildman–Crippen MR) is 84.3 cm³/mol. The van der Waals surface area contributed by atoms with Crippen molar-refractivity contribution in [1.29, 1.82) is 0 Å². The largest absolute Gasteiger partial charge is 0.399 e. The second-order valence-electron chi connectivity index (χ2n) is 4.77. The number of nitrogens with two attached hydrogens (primary N) is 1. The molecular formula is C16H22N2S. The van der Waals surface area contributed by atoms with Gasteiger partial charge in [0, 0.05) is 28.5 Å². The van der Waals surface area contributed by atoms with E-state index >= 15 is 0 Å². The van der Waals surface area contributed by atoms with Gasteiger partial charge in [-0.15, -0.1) is 11.3 Å². The average Bonchev–Trinajstić information content (AvgIpc) is 2.85. The molecule has 0 aliphatic rings. The quantitative estimate of drug-likeness (QED) is 0.809. The molecule has 102 valence electrons. The molecule has 0 saturated heterocycles. The fourth-order valence-electron chi connectivity index (χ4n) is 2.15. The van der Waals surface area contributed by atoms with Crippen LogP contribution in [0.15, 0.2) is 36.4 Å². The Balaban J connectivity index is 2.00. The molecule has 1 aromatic heterocycles. The average molecular weight is 274 g/mol. The van der Waals surface area contributed by atoms with Crippen LogP contribution in [-0.4, -0.2) is 11.4 Å². The molecule has 1 heterocycles. The molecule has 0 saturated carbocycles. The topological polar surface area (TPSA) is 29.3 Å². The smallest absolute Gasteiger partial charge is 0.0331 e. The van der Waals surface area contributed by atoms with Gasteiger partial charge in [0.25, 0.3) is 0 Å². The number of anilines is 1. The molecule has 0 radical (unpaired) electrons. The number of nitrogens with zero attached hydrogens (tertiary/aromatic N) is 1. The summed E-state index contributed by atoms with van der Waals surface area (Å²) in [5.74, 6) is 0. The SMILES string of the molecule is CCc1ccc(CN(CC)Cc2cccc(N)c2)s1. The number of nitrogen functional groups attached to an aromatic ring is 1. The van der Waals surface area contributed by atoms with Crippen molar-refractivity contribution < 1.29 is 0 Å². The van der Waals surface area contributed by atoms with Gasteiger partial charge >= 0.3 is 0 Å². The zero-order valence-corrected chi connectivity index (χ0v) is 12.5. The molecule has 0 aliphatic carbocycles. The lowest BCUT2D eigenvalue weighted by Crippen LogP contribution is -2.21. The van der Waals surface area contributed by atoms with Crippen LogP contribution in [-0.2, 0) is 19.5 Å². The van der Waals surface area contributed by atoms with E-state index in [1.807, 2.05) is 23.5 Å². The van der Waals surface area contributed by atoms with Crippen LogP contribution in [0.25, 0.3) is 0 Å². The summed E-state index contributed by atoms with van der Waals surface area (Å²) < 4.78 is 0. The van der Waals surface area contributed by atoms with Crippen LogP contribution in [0.2, 0.25) is 0 Å². The van der Waals surface area contributed by atoms with Gasteiger partial charge in [0.2, 0.25) is 0 Å². The van der Waals surface area contributed by atoms with Gasteiger partial charge in [-0.25, -0.2) is 0 Å². The predicted octanol–water partition coefficient (Wildman–Crippen LogP) is 3.91. The lowest BCUT2D eigenvalue weighted by atomic mass is 10.2. The molecule has 0 fully saturated rings. The Morgan fingerprint density at radius 1 is 1.05 bits per heavy atom. The number of hydrogen-bond acceptors (Lipinski definition) is 3. The number of thiophene rings is 1. The molecule has 2 aromatic rings. The third kappa shape index (κ3) is 4.08. The lowest BCUT2D eigenvalue weighted by Gasteiger charge is -2.19. The van der Waals surface area contributed by atoms with E-state index in [0.717, 1.165) is 31.7 Å². The van der Waals surface area contributed by atoms with Gasteiger partial charge in [-0.05, 0) is 42.8 Å². The summed E-state index contributed by atoms with van der Waals surface area (Å²) in [6, 6.07) is 12.7.